The number of ether oxygens (including phenoxy) is 3. The maximum atomic E-state index is 13.8. The molecule has 0 amide bonds. The van der Waals surface area contributed by atoms with Crippen molar-refractivity contribution in [1.29, 1.82) is 0 Å². The van der Waals surface area contributed by atoms with Gasteiger partial charge in [0.05, 0.1) is 25.3 Å². The molecular weight excluding hydrogens is 506 g/mol. The summed E-state index contributed by atoms with van der Waals surface area (Å²) in [5.74, 6) is -0.508. The molecule has 2 unspecified atom stereocenters. The van der Waals surface area contributed by atoms with Crippen molar-refractivity contribution in [2.75, 3.05) is 20.8 Å². The monoisotopic (exact) mass is 542 g/mol. The Labute approximate surface area is 227 Å². The molecule has 0 N–H and O–H groups in total. The summed E-state index contributed by atoms with van der Waals surface area (Å²) in [6.07, 6.45) is -0.540. The lowest BCUT2D eigenvalue weighted by atomic mass is 9.86. The van der Waals surface area contributed by atoms with Crippen molar-refractivity contribution in [2.45, 2.75) is 65.1 Å². The fourth-order valence-electron chi connectivity index (χ4n) is 5.34. The highest BCUT2D eigenvalue weighted by Gasteiger charge is 2.35. The number of methoxy groups -OCH3 is 2. The van der Waals surface area contributed by atoms with Gasteiger partial charge in [-0.3, -0.25) is 9.47 Å². The molecule has 1 saturated heterocycles. The minimum absolute atomic E-state index is 0.283. The molecule has 0 aliphatic carbocycles. The number of hydrogen-bond acceptors (Lipinski definition) is 6. The van der Waals surface area contributed by atoms with Crippen LogP contribution in [0.25, 0.3) is 10.9 Å². The summed E-state index contributed by atoms with van der Waals surface area (Å²) in [6, 6.07) is 10.4. The molecule has 9 heteroatoms. The van der Waals surface area contributed by atoms with Gasteiger partial charge in [-0.2, -0.15) is 0 Å². The predicted molar refractivity (Wildman–Crippen MR) is 145 cm³/mol. The van der Waals surface area contributed by atoms with E-state index in [4.69, 9.17) is 14.2 Å². The highest BCUT2D eigenvalue weighted by molar-refractivity contribution is 5.95. The average Bonchev–Trinajstić information content (AvgIpc) is 3.35. The molecule has 1 aliphatic rings. The summed E-state index contributed by atoms with van der Waals surface area (Å²) in [5, 5.41) is 0.841. The summed E-state index contributed by atoms with van der Waals surface area (Å²) < 4.78 is 45.3. The van der Waals surface area contributed by atoms with E-state index in [-0.39, 0.29) is 12.5 Å². The summed E-state index contributed by atoms with van der Waals surface area (Å²) in [5.41, 5.74) is 3.05. The molecule has 3 aromatic rings. The Morgan fingerprint density at radius 2 is 1.79 bits per heavy atom. The van der Waals surface area contributed by atoms with Crippen LogP contribution in [0, 0.1) is 12.8 Å². The Kier molecular flexibility index (Phi) is 8.30. The lowest BCUT2D eigenvalue weighted by molar-refractivity contribution is 0.00722. The van der Waals surface area contributed by atoms with Crippen LogP contribution in [-0.2, 0) is 16.0 Å². The first-order valence-corrected chi connectivity index (χ1v) is 13.0. The van der Waals surface area contributed by atoms with Crippen molar-refractivity contribution >= 4 is 23.0 Å². The number of piperidine rings is 1. The van der Waals surface area contributed by atoms with E-state index < -0.39 is 30.0 Å². The summed E-state index contributed by atoms with van der Waals surface area (Å²) in [4.78, 5) is 27.1. The van der Waals surface area contributed by atoms with Crippen LogP contribution in [0.3, 0.4) is 0 Å². The summed E-state index contributed by atoms with van der Waals surface area (Å²) >= 11 is 0. The standard InChI is InChI=1S/C30H36F2N2O5/c1-18-15-25(37-5)23(22-12-14-34(26(18)22)29(36)39-30(2,3)4)17-33-13-11-21(27(31)32)16-24(33)19-7-9-20(10-8-19)28(35)38-6/h7-10,12,14-15,21,24,27H,11,13,16-17H2,1-6H3. The number of halogens is 2. The van der Waals surface area contributed by atoms with E-state index in [1.807, 2.05) is 39.8 Å². The Balaban J connectivity index is 1.73. The van der Waals surface area contributed by atoms with Crippen LogP contribution in [-0.4, -0.2) is 54.3 Å². The number of carbonyl (C=O) groups excluding carboxylic acids is 2. The van der Waals surface area contributed by atoms with E-state index in [9.17, 15) is 18.4 Å². The Morgan fingerprint density at radius 1 is 1.10 bits per heavy atom. The second kappa shape index (κ2) is 11.3. The first-order chi connectivity index (χ1) is 18.4. The number of hydrogen-bond donors (Lipinski definition) is 0. The minimum Gasteiger partial charge on any atom is -0.496 e. The van der Waals surface area contributed by atoms with Gasteiger partial charge in [0.15, 0.2) is 0 Å². The average molecular weight is 543 g/mol. The van der Waals surface area contributed by atoms with Gasteiger partial charge in [0.25, 0.3) is 0 Å². The van der Waals surface area contributed by atoms with Gasteiger partial charge in [0.2, 0.25) is 6.43 Å². The van der Waals surface area contributed by atoms with Gasteiger partial charge in [-0.05, 0) is 82.5 Å². The SMILES string of the molecule is COC(=O)c1ccc(C2CC(C(F)F)CCN2Cc2c(OC)cc(C)c3c2ccn3C(=O)OC(C)(C)C)cc1. The highest BCUT2D eigenvalue weighted by Crippen LogP contribution is 2.41. The van der Waals surface area contributed by atoms with Gasteiger partial charge in [0.1, 0.15) is 11.4 Å². The molecule has 4 rings (SSSR count). The van der Waals surface area contributed by atoms with Crippen molar-refractivity contribution in [1.82, 2.24) is 9.47 Å². The first-order valence-electron chi connectivity index (χ1n) is 13.0. The van der Waals surface area contributed by atoms with E-state index in [1.54, 1.807) is 37.6 Å². The molecule has 0 spiro atoms. The zero-order valence-electron chi connectivity index (χ0n) is 23.3. The van der Waals surface area contributed by atoms with Crippen molar-refractivity contribution in [2.24, 2.45) is 5.92 Å². The maximum Gasteiger partial charge on any atom is 0.419 e. The normalized spacial score (nSPS) is 18.4. The summed E-state index contributed by atoms with van der Waals surface area (Å²) in [7, 11) is 2.92. The minimum atomic E-state index is -2.41. The Bertz CT molecular complexity index is 1340. The first kappa shape index (κ1) is 28.5. The van der Waals surface area contributed by atoms with Crippen molar-refractivity contribution in [3.63, 3.8) is 0 Å². The molecule has 0 radical (unpaired) electrons. The lowest BCUT2D eigenvalue weighted by Gasteiger charge is -2.40. The number of benzene rings is 2. The number of likely N-dealkylation sites (tertiary alicyclic amines) is 1. The number of alkyl halides is 2. The Hall–Kier alpha value is -3.46. The molecule has 210 valence electrons. The van der Waals surface area contributed by atoms with Crippen LogP contribution in [0.15, 0.2) is 42.6 Å². The molecule has 1 fully saturated rings. The van der Waals surface area contributed by atoms with Crippen LogP contribution in [0.2, 0.25) is 0 Å². The number of nitrogens with zero attached hydrogens (tertiary/aromatic N) is 2. The van der Waals surface area contributed by atoms with Gasteiger partial charge >= 0.3 is 12.1 Å². The molecule has 1 aliphatic heterocycles. The number of esters is 1. The molecule has 2 atom stereocenters. The van der Waals surface area contributed by atoms with E-state index in [1.165, 1.54) is 11.7 Å². The van der Waals surface area contributed by atoms with Crippen LogP contribution in [0.4, 0.5) is 13.6 Å². The van der Waals surface area contributed by atoms with E-state index in [2.05, 4.69) is 4.90 Å². The van der Waals surface area contributed by atoms with Crippen molar-refractivity contribution in [3.8, 4) is 5.75 Å². The zero-order valence-corrected chi connectivity index (χ0v) is 23.3. The van der Waals surface area contributed by atoms with Gasteiger partial charge in [-0.1, -0.05) is 12.1 Å². The predicted octanol–water partition coefficient (Wildman–Crippen LogP) is 6.75. The van der Waals surface area contributed by atoms with Crippen LogP contribution < -0.4 is 4.74 Å². The van der Waals surface area contributed by atoms with Crippen LogP contribution in [0.5, 0.6) is 5.75 Å². The second-order valence-electron chi connectivity index (χ2n) is 11.0. The van der Waals surface area contributed by atoms with Crippen LogP contribution >= 0.6 is 0 Å². The number of aromatic nitrogens is 1. The van der Waals surface area contributed by atoms with E-state index in [0.29, 0.717) is 30.8 Å². The number of carbonyl (C=O) groups is 2. The number of rotatable bonds is 6. The third kappa shape index (κ3) is 6.08. The number of fused-ring (bicyclic) bond motifs is 1. The van der Waals surface area contributed by atoms with Crippen molar-refractivity contribution in [3.05, 3.63) is 64.8 Å². The molecule has 0 saturated carbocycles. The summed E-state index contributed by atoms with van der Waals surface area (Å²) in [6.45, 7) is 8.26. The van der Waals surface area contributed by atoms with E-state index >= 15 is 0 Å². The largest absolute Gasteiger partial charge is 0.496 e. The van der Waals surface area contributed by atoms with Crippen molar-refractivity contribution < 1.29 is 32.6 Å². The molecule has 2 heterocycles. The molecule has 1 aromatic heterocycles. The van der Waals surface area contributed by atoms with Gasteiger partial charge in [-0.15, -0.1) is 0 Å². The fourth-order valence-corrected chi connectivity index (χ4v) is 5.34. The smallest absolute Gasteiger partial charge is 0.419 e. The Morgan fingerprint density at radius 3 is 2.38 bits per heavy atom. The highest BCUT2D eigenvalue weighted by atomic mass is 19.3. The molecule has 39 heavy (non-hydrogen) atoms. The zero-order chi connectivity index (χ0) is 28.5. The van der Waals surface area contributed by atoms with Crippen LogP contribution in [0.1, 0.15) is 66.7 Å². The quantitative estimate of drug-likeness (QED) is 0.321. The number of aryl methyl sites for hydroxylation is 1. The topological polar surface area (TPSA) is 70.0 Å². The lowest BCUT2D eigenvalue weighted by Crippen LogP contribution is -2.38. The molecular formula is C30H36F2N2O5. The second-order valence-corrected chi connectivity index (χ2v) is 11.0. The maximum absolute atomic E-state index is 13.8. The third-order valence-electron chi connectivity index (χ3n) is 7.23. The molecule has 2 aromatic carbocycles. The van der Waals surface area contributed by atoms with E-state index in [0.717, 1.165) is 27.6 Å². The van der Waals surface area contributed by atoms with Gasteiger partial charge < -0.3 is 14.2 Å². The third-order valence-corrected chi connectivity index (χ3v) is 7.23. The fraction of sp³-hybridized carbons (Fsp3) is 0.467. The van der Waals surface area contributed by atoms with Gasteiger partial charge in [-0.25, -0.2) is 18.4 Å². The van der Waals surface area contributed by atoms with Gasteiger partial charge in [0, 0.05) is 35.7 Å². The molecule has 7 nitrogen and oxygen atoms in total. The molecule has 0 bridgehead atoms.